The summed E-state index contributed by atoms with van der Waals surface area (Å²) in [4.78, 5) is 10.7. The lowest BCUT2D eigenvalue weighted by Crippen LogP contribution is -2.08. The minimum atomic E-state index is -1.05. The Bertz CT molecular complexity index is 366. The Hall–Kier alpha value is -0.980. The molecule has 0 saturated carbocycles. The highest BCUT2D eigenvalue weighted by Gasteiger charge is 2.12. The molecule has 0 radical (unpaired) electrons. The highest BCUT2D eigenvalue weighted by molar-refractivity contribution is 14.1. The number of nitrogen functional groups attached to an aromatic ring is 2. The number of hydrogen-bond donors (Lipinski definition) is 3. The Morgan fingerprint density at radius 3 is 2.50 bits per heavy atom. The molecule has 1 rings (SSSR count). The van der Waals surface area contributed by atoms with Gasteiger partial charge in [-0.3, -0.25) is 0 Å². The van der Waals surface area contributed by atoms with Crippen molar-refractivity contribution in [2.75, 3.05) is 15.9 Å². The number of carbonyl (C=O) groups is 1. The van der Waals surface area contributed by atoms with Crippen LogP contribution in [0.15, 0.2) is 12.1 Å². The molecule has 0 aliphatic rings. The van der Waals surface area contributed by atoms with Crippen molar-refractivity contribution < 1.29 is 9.90 Å². The quantitative estimate of drug-likeness (QED) is 0.449. The van der Waals surface area contributed by atoms with Crippen LogP contribution in [0.2, 0.25) is 0 Å². The van der Waals surface area contributed by atoms with Gasteiger partial charge in [0.1, 0.15) is 0 Å². The number of halogens is 1. The lowest BCUT2D eigenvalue weighted by atomic mass is 10.0. The molecule has 4 nitrogen and oxygen atoms in total. The predicted octanol–water partition coefficient (Wildman–Crippen LogP) is 1.53. The second-order valence-corrected chi connectivity index (χ2v) is 3.92. The molecule has 1 aromatic carbocycles. The second kappa shape index (κ2) is 4.50. The van der Waals surface area contributed by atoms with E-state index in [9.17, 15) is 4.79 Å². The topological polar surface area (TPSA) is 89.3 Å². The Balaban J connectivity index is 3.19. The third-order valence-electron chi connectivity index (χ3n) is 1.97. The third kappa shape index (κ3) is 2.09. The number of aromatic carboxylic acids is 1. The van der Waals surface area contributed by atoms with E-state index in [1.54, 1.807) is 6.07 Å². The molecule has 0 bridgehead atoms. The number of benzene rings is 1. The monoisotopic (exact) mass is 306 g/mol. The predicted molar refractivity (Wildman–Crippen MR) is 64.8 cm³/mol. The van der Waals surface area contributed by atoms with Crippen LogP contribution >= 0.6 is 22.6 Å². The van der Waals surface area contributed by atoms with Crippen LogP contribution in [-0.2, 0) is 6.42 Å². The summed E-state index contributed by atoms with van der Waals surface area (Å²) in [5.74, 6) is -1.05. The molecule has 0 unspecified atom stereocenters. The smallest absolute Gasteiger partial charge is 0.337 e. The Kier molecular flexibility index (Phi) is 3.56. The maximum absolute atomic E-state index is 10.7. The largest absolute Gasteiger partial charge is 0.478 e. The van der Waals surface area contributed by atoms with Gasteiger partial charge >= 0.3 is 5.97 Å². The van der Waals surface area contributed by atoms with Crippen LogP contribution < -0.4 is 11.5 Å². The average molecular weight is 306 g/mol. The lowest BCUT2D eigenvalue weighted by molar-refractivity contribution is 0.0698. The molecule has 0 aliphatic carbocycles. The molecule has 0 saturated heterocycles. The van der Waals surface area contributed by atoms with Crippen molar-refractivity contribution in [2.45, 2.75) is 6.42 Å². The van der Waals surface area contributed by atoms with Crippen molar-refractivity contribution in [1.29, 1.82) is 0 Å². The molecule has 0 fully saturated rings. The standard InChI is InChI=1S/C9H11IN2O2/c10-4-3-5-1-2-6(9(13)14)8(12)7(5)11/h1-2H,3-4,11-12H2,(H,13,14). The maximum atomic E-state index is 10.7. The van der Waals surface area contributed by atoms with E-state index in [0.717, 1.165) is 16.4 Å². The number of alkyl halides is 1. The van der Waals surface area contributed by atoms with Crippen molar-refractivity contribution in [2.24, 2.45) is 0 Å². The average Bonchev–Trinajstić information content (AvgIpc) is 2.13. The Morgan fingerprint density at radius 2 is 2.00 bits per heavy atom. The summed E-state index contributed by atoms with van der Waals surface area (Å²) in [6.07, 6.45) is 0.802. The first-order chi connectivity index (χ1) is 6.57. The molecule has 76 valence electrons. The molecule has 14 heavy (non-hydrogen) atoms. The van der Waals surface area contributed by atoms with Gasteiger partial charge in [-0.15, -0.1) is 0 Å². The van der Waals surface area contributed by atoms with Gasteiger partial charge in [0.15, 0.2) is 0 Å². The van der Waals surface area contributed by atoms with Gasteiger partial charge in [-0.1, -0.05) is 28.7 Å². The minimum absolute atomic E-state index is 0.0692. The summed E-state index contributed by atoms with van der Waals surface area (Å²) in [5.41, 5.74) is 12.9. The normalized spacial score (nSPS) is 10.1. The van der Waals surface area contributed by atoms with Crippen molar-refractivity contribution >= 4 is 39.9 Å². The number of nitrogens with two attached hydrogens (primary N) is 2. The van der Waals surface area contributed by atoms with Crippen molar-refractivity contribution in [3.05, 3.63) is 23.3 Å². The van der Waals surface area contributed by atoms with E-state index in [2.05, 4.69) is 22.6 Å². The van der Waals surface area contributed by atoms with Gasteiger partial charge in [0, 0.05) is 4.43 Å². The van der Waals surface area contributed by atoms with Gasteiger partial charge in [-0.25, -0.2) is 4.79 Å². The minimum Gasteiger partial charge on any atom is -0.478 e. The first-order valence-corrected chi connectivity index (χ1v) is 5.56. The molecule has 0 aromatic heterocycles. The van der Waals surface area contributed by atoms with Gasteiger partial charge in [0.25, 0.3) is 0 Å². The van der Waals surface area contributed by atoms with Crippen LogP contribution in [0.25, 0.3) is 0 Å². The fourth-order valence-corrected chi connectivity index (χ4v) is 1.77. The highest BCUT2D eigenvalue weighted by atomic mass is 127. The molecule has 0 spiro atoms. The van der Waals surface area contributed by atoms with Crippen LogP contribution in [0.3, 0.4) is 0 Å². The number of carboxylic acids is 1. The SMILES string of the molecule is Nc1c(CCI)ccc(C(=O)O)c1N. The fourth-order valence-electron chi connectivity index (χ4n) is 1.19. The molecule has 5 heteroatoms. The maximum Gasteiger partial charge on any atom is 0.337 e. The molecule has 5 N–H and O–H groups in total. The molecular formula is C9H11IN2O2. The number of rotatable bonds is 3. The van der Waals surface area contributed by atoms with Crippen molar-refractivity contribution in [1.82, 2.24) is 0 Å². The van der Waals surface area contributed by atoms with Crippen molar-refractivity contribution in [3.63, 3.8) is 0 Å². The van der Waals surface area contributed by atoms with E-state index in [4.69, 9.17) is 16.6 Å². The van der Waals surface area contributed by atoms with Crippen molar-refractivity contribution in [3.8, 4) is 0 Å². The van der Waals surface area contributed by atoms with E-state index >= 15 is 0 Å². The number of anilines is 2. The third-order valence-corrected chi connectivity index (χ3v) is 2.51. The molecule has 0 aliphatic heterocycles. The summed E-state index contributed by atoms with van der Waals surface area (Å²) >= 11 is 2.23. The molecule has 0 atom stereocenters. The van der Waals surface area contributed by atoms with Gasteiger partial charge < -0.3 is 16.6 Å². The van der Waals surface area contributed by atoms with E-state index in [1.807, 2.05) is 0 Å². The Labute approximate surface area is 95.4 Å². The summed E-state index contributed by atoms with van der Waals surface area (Å²) in [6, 6.07) is 3.21. The summed E-state index contributed by atoms with van der Waals surface area (Å²) < 4.78 is 0.924. The highest BCUT2D eigenvalue weighted by Crippen LogP contribution is 2.25. The zero-order chi connectivity index (χ0) is 10.7. The van der Waals surface area contributed by atoms with E-state index in [-0.39, 0.29) is 11.3 Å². The number of aryl methyl sites for hydroxylation is 1. The lowest BCUT2D eigenvalue weighted by Gasteiger charge is -2.09. The zero-order valence-electron chi connectivity index (χ0n) is 7.46. The zero-order valence-corrected chi connectivity index (χ0v) is 9.61. The second-order valence-electron chi connectivity index (χ2n) is 2.84. The molecule has 0 amide bonds. The number of hydrogen-bond acceptors (Lipinski definition) is 3. The van der Waals surface area contributed by atoms with Gasteiger partial charge in [0.2, 0.25) is 0 Å². The first kappa shape index (κ1) is 11.1. The molecular weight excluding hydrogens is 295 g/mol. The van der Waals surface area contributed by atoms with Crippen LogP contribution in [0, 0.1) is 0 Å². The number of carboxylic acid groups (broad SMARTS) is 1. The summed E-state index contributed by atoms with van der Waals surface area (Å²) in [7, 11) is 0. The van der Waals surface area contributed by atoms with Gasteiger partial charge in [-0.2, -0.15) is 0 Å². The van der Waals surface area contributed by atoms with E-state index in [0.29, 0.717) is 5.69 Å². The fraction of sp³-hybridized carbons (Fsp3) is 0.222. The summed E-state index contributed by atoms with van der Waals surface area (Å²) in [5, 5.41) is 8.77. The first-order valence-electron chi connectivity index (χ1n) is 4.04. The van der Waals surface area contributed by atoms with Crippen LogP contribution in [-0.4, -0.2) is 15.5 Å². The molecule has 1 aromatic rings. The Morgan fingerprint density at radius 1 is 1.36 bits per heavy atom. The van der Waals surface area contributed by atoms with E-state index in [1.165, 1.54) is 6.07 Å². The van der Waals surface area contributed by atoms with Crippen LogP contribution in [0.5, 0.6) is 0 Å². The van der Waals surface area contributed by atoms with Crippen LogP contribution in [0.1, 0.15) is 15.9 Å². The van der Waals surface area contributed by atoms with E-state index < -0.39 is 5.97 Å². The summed E-state index contributed by atoms with van der Waals surface area (Å²) in [6.45, 7) is 0. The van der Waals surface area contributed by atoms with Crippen LogP contribution in [0.4, 0.5) is 11.4 Å². The van der Waals surface area contributed by atoms with Gasteiger partial charge in [0.05, 0.1) is 16.9 Å². The van der Waals surface area contributed by atoms with Gasteiger partial charge in [-0.05, 0) is 18.1 Å². The molecule has 0 heterocycles.